The summed E-state index contributed by atoms with van der Waals surface area (Å²) in [7, 11) is -2.85. The molecule has 0 saturated carbocycles. The van der Waals surface area contributed by atoms with E-state index in [4.69, 9.17) is 4.52 Å². The van der Waals surface area contributed by atoms with E-state index in [1.807, 2.05) is 0 Å². The van der Waals surface area contributed by atoms with Crippen molar-refractivity contribution < 1.29 is 12.9 Å². The molecule has 21 heavy (non-hydrogen) atoms. The predicted molar refractivity (Wildman–Crippen MR) is 79.7 cm³/mol. The van der Waals surface area contributed by atoms with E-state index in [1.165, 1.54) is 6.26 Å². The molecular formula is C13H24N4O3S. The summed E-state index contributed by atoms with van der Waals surface area (Å²) < 4.78 is 27.1. The van der Waals surface area contributed by atoms with Gasteiger partial charge in [-0.1, -0.05) is 5.16 Å². The van der Waals surface area contributed by atoms with Crippen molar-refractivity contribution in [1.29, 1.82) is 0 Å². The van der Waals surface area contributed by atoms with Crippen molar-refractivity contribution in [2.24, 2.45) is 0 Å². The third kappa shape index (κ3) is 6.11. The quantitative estimate of drug-likeness (QED) is 0.727. The molecule has 7 nitrogen and oxygen atoms in total. The number of nitrogens with zero attached hydrogens (tertiary/aromatic N) is 3. The lowest BCUT2D eigenvalue weighted by molar-refractivity contribution is 0.178. The number of sulfone groups is 1. The van der Waals surface area contributed by atoms with Crippen molar-refractivity contribution in [2.45, 2.75) is 38.8 Å². The first-order chi connectivity index (χ1) is 9.92. The Morgan fingerprint density at radius 3 is 2.95 bits per heavy atom. The van der Waals surface area contributed by atoms with Crippen molar-refractivity contribution >= 4 is 9.84 Å². The molecule has 1 aliphatic heterocycles. The van der Waals surface area contributed by atoms with E-state index >= 15 is 0 Å². The van der Waals surface area contributed by atoms with Crippen LogP contribution in [0.15, 0.2) is 4.52 Å². The maximum Gasteiger partial charge on any atom is 0.223 e. The van der Waals surface area contributed by atoms with Crippen LogP contribution in [0.1, 0.15) is 31.0 Å². The van der Waals surface area contributed by atoms with E-state index in [0.29, 0.717) is 24.9 Å². The second-order valence-electron chi connectivity index (χ2n) is 5.74. The number of hydrogen-bond donors (Lipinski definition) is 1. The average Bonchev–Trinajstić information content (AvgIpc) is 2.80. The SMILES string of the molecule is Cc1nc(CN2CCCC(NCCCS(C)(=O)=O)C2)no1. The third-order valence-electron chi connectivity index (χ3n) is 3.57. The summed E-state index contributed by atoms with van der Waals surface area (Å²) in [5.74, 6) is 1.57. The number of piperidine rings is 1. The Morgan fingerprint density at radius 1 is 1.48 bits per heavy atom. The van der Waals surface area contributed by atoms with E-state index in [-0.39, 0.29) is 5.75 Å². The number of hydrogen-bond acceptors (Lipinski definition) is 7. The largest absolute Gasteiger partial charge is 0.340 e. The second kappa shape index (κ2) is 7.33. The van der Waals surface area contributed by atoms with Crippen LogP contribution in [0.4, 0.5) is 0 Å². The van der Waals surface area contributed by atoms with Crippen LogP contribution in [-0.2, 0) is 16.4 Å². The molecular weight excluding hydrogens is 292 g/mol. The summed E-state index contributed by atoms with van der Waals surface area (Å²) in [6.45, 7) is 5.21. The summed E-state index contributed by atoms with van der Waals surface area (Å²) in [5.41, 5.74) is 0. The molecule has 8 heteroatoms. The summed E-state index contributed by atoms with van der Waals surface area (Å²) in [6, 6.07) is 0.409. The highest BCUT2D eigenvalue weighted by Gasteiger charge is 2.20. The van der Waals surface area contributed by atoms with Crippen molar-refractivity contribution in [2.75, 3.05) is 31.6 Å². The molecule has 1 saturated heterocycles. The number of rotatable bonds is 7. The molecule has 1 aliphatic rings. The van der Waals surface area contributed by atoms with Crippen LogP contribution in [-0.4, -0.2) is 61.1 Å². The van der Waals surface area contributed by atoms with Gasteiger partial charge in [-0.25, -0.2) is 8.42 Å². The molecule has 2 heterocycles. The lowest BCUT2D eigenvalue weighted by Gasteiger charge is -2.32. The lowest BCUT2D eigenvalue weighted by Crippen LogP contribution is -2.45. The molecule has 1 fully saturated rings. The molecule has 0 radical (unpaired) electrons. The van der Waals surface area contributed by atoms with E-state index in [2.05, 4.69) is 20.4 Å². The molecule has 1 aromatic rings. The van der Waals surface area contributed by atoms with Crippen molar-refractivity contribution in [3.8, 4) is 0 Å². The molecule has 0 aliphatic carbocycles. The second-order valence-corrected chi connectivity index (χ2v) is 8.00. The Kier molecular flexibility index (Phi) is 5.72. The summed E-state index contributed by atoms with van der Waals surface area (Å²) in [4.78, 5) is 6.53. The van der Waals surface area contributed by atoms with Gasteiger partial charge in [0.05, 0.1) is 12.3 Å². The molecule has 1 atom stereocenters. The Hall–Kier alpha value is -0.990. The van der Waals surface area contributed by atoms with Gasteiger partial charge in [0.25, 0.3) is 0 Å². The van der Waals surface area contributed by atoms with Gasteiger partial charge in [-0.3, -0.25) is 4.90 Å². The fraction of sp³-hybridized carbons (Fsp3) is 0.846. The first-order valence-corrected chi connectivity index (χ1v) is 9.41. The molecule has 0 spiro atoms. The van der Waals surface area contributed by atoms with Gasteiger partial charge in [0.2, 0.25) is 5.89 Å². The standard InChI is InChI=1S/C13H24N4O3S/c1-11-15-13(16-20-11)10-17-7-3-5-12(9-17)14-6-4-8-21(2,18)19/h12,14H,3-10H2,1-2H3. The minimum Gasteiger partial charge on any atom is -0.340 e. The molecule has 1 unspecified atom stereocenters. The Bertz CT molecular complexity index is 543. The maximum absolute atomic E-state index is 11.1. The summed E-state index contributed by atoms with van der Waals surface area (Å²) >= 11 is 0. The van der Waals surface area contributed by atoms with Gasteiger partial charge in [0.1, 0.15) is 9.84 Å². The highest BCUT2D eigenvalue weighted by Crippen LogP contribution is 2.12. The van der Waals surface area contributed by atoms with Gasteiger partial charge in [-0.05, 0) is 32.4 Å². The minimum atomic E-state index is -2.85. The zero-order valence-corrected chi connectivity index (χ0v) is 13.5. The van der Waals surface area contributed by atoms with Crippen molar-refractivity contribution in [1.82, 2.24) is 20.4 Å². The van der Waals surface area contributed by atoms with Gasteiger partial charge < -0.3 is 9.84 Å². The summed E-state index contributed by atoms with van der Waals surface area (Å²) in [5, 5.41) is 7.37. The molecule has 1 N–H and O–H groups in total. The van der Waals surface area contributed by atoms with Gasteiger partial charge in [0, 0.05) is 25.8 Å². The van der Waals surface area contributed by atoms with Gasteiger partial charge >= 0.3 is 0 Å². The molecule has 1 aromatic heterocycles. The molecule has 2 rings (SSSR count). The van der Waals surface area contributed by atoms with Gasteiger partial charge in [-0.15, -0.1) is 0 Å². The first kappa shape index (κ1) is 16.4. The zero-order chi connectivity index (χ0) is 15.3. The topological polar surface area (TPSA) is 88.3 Å². The minimum absolute atomic E-state index is 0.249. The third-order valence-corrected chi connectivity index (χ3v) is 4.60. The van der Waals surface area contributed by atoms with E-state index in [9.17, 15) is 8.42 Å². The number of aromatic nitrogens is 2. The van der Waals surface area contributed by atoms with Crippen molar-refractivity contribution in [3.05, 3.63) is 11.7 Å². The smallest absolute Gasteiger partial charge is 0.223 e. The first-order valence-electron chi connectivity index (χ1n) is 7.35. The highest BCUT2D eigenvalue weighted by molar-refractivity contribution is 7.90. The van der Waals surface area contributed by atoms with Crippen LogP contribution >= 0.6 is 0 Å². The molecule has 120 valence electrons. The van der Waals surface area contributed by atoms with Crippen molar-refractivity contribution in [3.63, 3.8) is 0 Å². The number of nitrogens with one attached hydrogen (secondary N) is 1. The van der Waals surface area contributed by atoms with Crippen LogP contribution in [0.2, 0.25) is 0 Å². The fourth-order valence-corrected chi connectivity index (χ4v) is 3.28. The predicted octanol–water partition coefficient (Wildman–Crippen LogP) is 0.367. The fourth-order valence-electron chi connectivity index (χ4n) is 2.61. The van der Waals surface area contributed by atoms with Gasteiger partial charge in [-0.2, -0.15) is 4.98 Å². The zero-order valence-electron chi connectivity index (χ0n) is 12.7. The molecule has 0 aromatic carbocycles. The Balaban J connectivity index is 1.70. The maximum atomic E-state index is 11.1. The average molecular weight is 316 g/mol. The van der Waals surface area contributed by atoms with E-state index < -0.39 is 9.84 Å². The molecule has 0 bridgehead atoms. The Labute approximate surface area is 126 Å². The van der Waals surface area contributed by atoms with Crippen LogP contribution < -0.4 is 5.32 Å². The molecule has 0 amide bonds. The van der Waals surface area contributed by atoms with Crippen LogP contribution in [0.3, 0.4) is 0 Å². The van der Waals surface area contributed by atoms with Crippen LogP contribution in [0, 0.1) is 6.92 Å². The van der Waals surface area contributed by atoms with Crippen LogP contribution in [0.25, 0.3) is 0 Å². The monoisotopic (exact) mass is 316 g/mol. The number of likely N-dealkylation sites (tertiary alicyclic amines) is 1. The normalized spacial score (nSPS) is 20.8. The highest BCUT2D eigenvalue weighted by atomic mass is 32.2. The van der Waals surface area contributed by atoms with E-state index in [0.717, 1.165) is 38.3 Å². The van der Waals surface area contributed by atoms with Crippen LogP contribution in [0.5, 0.6) is 0 Å². The van der Waals surface area contributed by atoms with E-state index in [1.54, 1.807) is 6.92 Å². The summed E-state index contributed by atoms with van der Waals surface area (Å²) in [6.07, 6.45) is 4.20. The lowest BCUT2D eigenvalue weighted by atomic mass is 10.1. The van der Waals surface area contributed by atoms with Gasteiger partial charge in [0.15, 0.2) is 5.82 Å². The Morgan fingerprint density at radius 2 is 2.29 bits per heavy atom. The number of aryl methyl sites for hydroxylation is 1.